The fourth-order valence-corrected chi connectivity index (χ4v) is 2.21. The lowest BCUT2D eigenvalue weighted by atomic mass is 10.2. The van der Waals surface area contributed by atoms with Crippen molar-refractivity contribution in [3.8, 4) is 0 Å². The van der Waals surface area contributed by atoms with E-state index in [1.54, 1.807) is 6.26 Å². The van der Waals surface area contributed by atoms with Gasteiger partial charge in [0.2, 0.25) is 0 Å². The van der Waals surface area contributed by atoms with E-state index in [1.807, 2.05) is 0 Å². The van der Waals surface area contributed by atoms with Crippen LogP contribution in [0.5, 0.6) is 0 Å². The Morgan fingerprint density at radius 1 is 1.54 bits per heavy atom. The molecule has 0 aromatic heterocycles. The van der Waals surface area contributed by atoms with Crippen molar-refractivity contribution in [3.05, 3.63) is 0 Å². The monoisotopic (exact) mass is 204 g/mol. The van der Waals surface area contributed by atoms with Gasteiger partial charge in [0.1, 0.15) is 0 Å². The highest BCUT2D eigenvalue weighted by atomic mass is 32.2. The summed E-state index contributed by atoms with van der Waals surface area (Å²) in [6.07, 6.45) is 3.03. The Labute approximate surface area is 83.5 Å². The molecule has 0 spiro atoms. The molecule has 0 amide bonds. The first-order chi connectivity index (χ1) is 6.09. The number of likely N-dealkylation sites (N-methyl/N-ethyl adjacent to an activating group) is 1. The Bertz CT molecular complexity index is 184. The highest BCUT2D eigenvalue weighted by Gasteiger charge is 2.23. The fraction of sp³-hybridized carbons (Fsp3) is 1.00. The molecule has 0 N–H and O–H groups in total. The average molecular weight is 204 g/mol. The lowest BCUT2D eigenvalue weighted by Crippen LogP contribution is -2.32. The second-order valence-corrected chi connectivity index (χ2v) is 5.54. The summed E-state index contributed by atoms with van der Waals surface area (Å²) < 4.78 is 10.9. The predicted octanol–water partition coefficient (Wildman–Crippen LogP) is 0.000800. The molecule has 0 aromatic rings. The van der Waals surface area contributed by atoms with E-state index in [9.17, 15) is 4.21 Å². The minimum atomic E-state index is -0.639. The van der Waals surface area contributed by atoms with E-state index in [1.165, 1.54) is 13.0 Å². The molecular weight excluding hydrogens is 184 g/mol. The normalized spacial score (nSPS) is 26.9. The maximum absolute atomic E-state index is 10.9. The topological polar surface area (TPSA) is 23.6 Å². The summed E-state index contributed by atoms with van der Waals surface area (Å²) in [5, 5.41) is 0. The first kappa shape index (κ1) is 11.1. The lowest BCUT2D eigenvalue weighted by Gasteiger charge is -2.19. The molecule has 1 aliphatic rings. The summed E-state index contributed by atoms with van der Waals surface area (Å²) in [5.74, 6) is 0.820. The maximum atomic E-state index is 10.9. The van der Waals surface area contributed by atoms with Crippen molar-refractivity contribution in [3.63, 3.8) is 0 Å². The zero-order valence-corrected chi connectivity index (χ0v) is 9.64. The molecule has 1 saturated heterocycles. The van der Waals surface area contributed by atoms with Crippen LogP contribution in [0.4, 0.5) is 0 Å². The molecule has 0 saturated carbocycles. The van der Waals surface area contributed by atoms with Gasteiger partial charge in [0.15, 0.2) is 0 Å². The summed E-state index contributed by atoms with van der Waals surface area (Å²) in [4.78, 5) is 4.69. The molecule has 1 rings (SSSR count). The lowest BCUT2D eigenvalue weighted by molar-refractivity contribution is 0.275. The van der Waals surface area contributed by atoms with Crippen molar-refractivity contribution in [2.45, 2.75) is 12.5 Å². The minimum Gasteiger partial charge on any atom is -0.305 e. The molecule has 0 bridgehead atoms. The third kappa shape index (κ3) is 3.75. The molecule has 1 fully saturated rings. The first-order valence-corrected chi connectivity index (χ1v) is 6.51. The van der Waals surface area contributed by atoms with Crippen LogP contribution in [0.1, 0.15) is 6.42 Å². The van der Waals surface area contributed by atoms with Crippen molar-refractivity contribution in [1.82, 2.24) is 9.80 Å². The maximum Gasteiger partial charge on any atom is 0.0359 e. The van der Waals surface area contributed by atoms with Gasteiger partial charge in [-0.05, 0) is 27.1 Å². The quantitative estimate of drug-likeness (QED) is 0.644. The Morgan fingerprint density at radius 3 is 2.69 bits per heavy atom. The van der Waals surface area contributed by atoms with Gasteiger partial charge >= 0.3 is 0 Å². The molecule has 0 radical (unpaired) electrons. The van der Waals surface area contributed by atoms with E-state index >= 15 is 0 Å². The van der Waals surface area contributed by atoms with Gasteiger partial charge in [0.25, 0.3) is 0 Å². The second kappa shape index (κ2) is 5.08. The van der Waals surface area contributed by atoms with E-state index in [2.05, 4.69) is 23.9 Å². The molecule has 13 heavy (non-hydrogen) atoms. The van der Waals surface area contributed by atoms with E-state index in [4.69, 9.17) is 0 Å². The summed E-state index contributed by atoms with van der Waals surface area (Å²) in [6.45, 7) is 3.30. The molecule has 78 valence electrons. The van der Waals surface area contributed by atoms with Crippen LogP contribution in [0.2, 0.25) is 0 Å². The highest BCUT2D eigenvalue weighted by Crippen LogP contribution is 2.12. The second-order valence-electron chi connectivity index (χ2n) is 3.98. The summed E-state index contributed by atoms with van der Waals surface area (Å²) in [5.41, 5.74) is 0. The Morgan fingerprint density at radius 2 is 2.23 bits per heavy atom. The van der Waals surface area contributed by atoms with Crippen LogP contribution in [-0.4, -0.2) is 65.8 Å². The highest BCUT2D eigenvalue weighted by molar-refractivity contribution is 7.84. The van der Waals surface area contributed by atoms with Crippen molar-refractivity contribution >= 4 is 10.8 Å². The zero-order valence-electron chi connectivity index (χ0n) is 8.82. The smallest absolute Gasteiger partial charge is 0.0359 e. The van der Waals surface area contributed by atoms with Gasteiger partial charge in [0.05, 0.1) is 0 Å². The first-order valence-electron chi connectivity index (χ1n) is 4.78. The van der Waals surface area contributed by atoms with Crippen LogP contribution in [0.25, 0.3) is 0 Å². The van der Waals surface area contributed by atoms with Gasteiger partial charge in [-0.2, -0.15) is 0 Å². The molecule has 3 nitrogen and oxygen atoms in total. The van der Waals surface area contributed by atoms with Gasteiger partial charge in [-0.15, -0.1) is 0 Å². The molecule has 1 aliphatic heterocycles. The van der Waals surface area contributed by atoms with Crippen molar-refractivity contribution < 1.29 is 4.21 Å². The SMILES string of the molecule is CN(C)C1CCN(CCS(C)=O)C1. The summed E-state index contributed by atoms with van der Waals surface area (Å²) in [7, 11) is 3.62. The van der Waals surface area contributed by atoms with Crippen LogP contribution in [-0.2, 0) is 10.8 Å². The largest absolute Gasteiger partial charge is 0.305 e. The third-order valence-corrected chi connectivity index (χ3v) is 3.43. The van der Waals surface area contributed by atoms with Crippen molar-refractivity contribution in [2.24, 2.45) is 0 Å². The van der Waals surface area contributed by atoms with E-state index < -0.39 is 10.8 Å². The van der Waals surface area contributed by atoms with Crippen LogP contribution >= 0.6 is 0 Å². The van der Waals surface area contributed by atoms with Gasteiger partial charge in [-0.1, -0.05) is 0 Å². The Balaban J connectivity index is 2.21. The van der Waals surface area contributed by atoms with Gasteiger partial charge in [-0.25, -0.2) is 0 Å². The van der Waals surface area contributed by atoms with Crippen LogP contribution < -0.4 is 0 Å². The molecular formula is C9H20N2OS. The summed E-state index contributed by atoms with van der Waals surface area (Å²) in [6, 6.07) is 0.699. The number of likely N-dealkylation sites (tertiary alicyclic amines) is 1. The van der Waals surface area contributed by atoms with Crippen LogP contribution in [0.3, 0.4) is 0 Å². The van der Waals surface area contributed by atoms with Gasteiger partial charge in [0, 0.05) is 41.9 Å². The minimum absolute atomic E-state index is 0.639. The predicted molar refractivity (Wildman–Crippen MR) is 57.5 cm³/mol. The molecule has 2 unspecified atom stereocenters. The number of hydrogen-bond acceptors (Lipinski definition) is 3. The van der Waals surface area contributed by atoms with Gasteiger partial charge < -0.3 is 9.80 Å². The molecule has 4 heteroatoms. The summed E-state index contributed by atoms with van der Waals surface area (Å²) >= 11 is 0. The molecule has 1 heterocycles. The van der Waals surface area contributed by atoms with Crippen LogP contribution in [0.15, 0.2) is 0 Å². The molecule has 2 atom stereocenters. The number of nitrogens with zero attached hydrogens (tertiary/aromatic N) is 2. The van der Waals surface area contributed by atoms with E-state index in [0.717, 1.165) is 18.8 Å². The Kier molecular flexibility index (Phi) is 4.35. The van der Waals surface area contributed by atoms with Crippen molar-refractivity contribution in [1.29, 1.82) is 0 Å². The molecule has 0 aliphatic carbocycles. The number of rotatable bonds is 4. The van der Waals surface area contributed by atoms with E-state index in [0.29, 0.717) is 6.04 Å². The van der Waals surface area contributed by atoms with E-state index in [-0.39, 0.29) is 0 Å². The Hall–Kier alpha value is 0.0700. The number of hydrogen-bond donors (Lipinski definition) is 0. The molecule has 0 aromatic carbocycles. The van der Waals surface area contributed by atoms with Crippen LogP contribution in [0, 0.1) is 0 Å². The third-order valence-electron chi connectivity index (χ3n) is 2.67. The van der Waals surface area contributed by atoms with Crippen molar-refractivity contribution in [2.75, 3.05) is 45.7 Å². The standard InChI is InChI=1S/C9H20N2OS/c1-10(2)9-4-5-11(8-9)6-7-13(3)12/h9H,4-8H2,1-3H3. The average Bonchev–Trinajstić information content (AvgIpc) is 2.48. The fourth-order valence-electron chi connectivity index (χ4n) is 1.69. The zero-order chi connectivity index (χ0) is 9.84. The van der Waals surface area contributed by atoms with Gasteiger partial charge in [-0.3, -0.25) is 4.21 Å².